The molecule has 1 N–H and O–H groups in total. The molecule has 13 heteroatoms. The molecule has 48 heavy (non-hydrogen) atoms. The van der Waals surface area contributed by atoms with Gasteiger partial charge in [-0.1, -0.05) is 0 Å². The summed E-state index contributed by atoms with van der Waals surface area (Å²) in [7, 11) is 0. The minimum Gasteiger partial charge on any atom is -0.490 e. The van der Waals surface area contributed by atoms with Gasteiger partial charge in [-0.2, -0.15) is 5.26 Å². The predicted octanol–water partition coefficient (Wildman–Crippen LogP) is 5.84. The van der Waals surface area contributed by atoms with Gasteiger partial charge in [0.05, 0.1) is 48.7 Å². The summed E-state index contributed by atoms with van der Waals surface area (Å²) in [5.74, 6) is -1.78. The van der Waals surface area contributed by atoms with Crippen LogP contribution in [-0.2, 0) is 37.5 Å². The van der Waals surface area contributed by atoms with E-state index in [1.165, 1.54) is 24.3 Å². The molecule has 10 nitrogen and oxygen atoms in total. The maximum atomic E-state index is 15.2. The number of piperidine rings is 1. The summed E-state index contributed by atoms with van der Waals surface area (Å²) in [6.45, 7) is 4.67. The maximum absolute atomic E-state index is 15.2. The van der Waals surface area contributed by atoms with Crippen molar-refractivity contribution in [3.05, 3.63) is 107 Å². The number of likely N-dealkylation sites (tertiary alicyclic amines) is 1. The lowest BCUT2D eigenvalue weighted by atomic mass is 10.1. The lowest BCUT2D eigenvalue weighted by molar-refractivity contribution is -0.136. The molecule has 0 bridgehead atoms. The predicted molar refractivity (Wildman–Crippen MR) is 169 cm³/mol. The molecule has 2 aromatic heterocycles. The number of nitriles is 1. The zero-order valence-corrected chi connectivity index (χ0v) is 26.2. The normalized spacial score (nSPS) is 13.9. The van der Waals surface area contributed by atoms with Crippen LogP contribution >= 0.6 is 0 Å². The van der Waals surface area contributed by atoms with Gasteiger partial charge in [-0.25, -0.2) is 23.1 Å². The van der Waals surface area contributed by atoms with E-state index in [1.54, 1.807) is 30.7 Å². The SMILES string of the molecule is CCn1cncc1Cn1c(CN2CCC(Oc3ccc(F)c(COc4ccc(C#N)cc4F)c3)CC2)nc2c(F)cc(CC(=O)O)cc21. The average Bonchev–Trinajstić information content (AvgIpc) is 3.66. The van der Waals surface area contributed by atoms with E-state index in [4.69, 9.17) is 14.7 Å². The monoisotopic (exact) mass is 658 g/mol. The van der Waals surface area contributed by atoms with E-state index in [-0.39, 0.29) is 41.5 Å². The van der Waals surface area contributed by atoms with Gasteiger partial charge in [-0.05, 0) is 73.9 Å². The highest BCUT2D eigenvalue weighted by Crippen LogP contribution is 2.27. The van der Waals surface area contributed by atoms with Crippen molar-refractivity contribution in [1.29, 1.82) is 5.26 Å². The smallest absolute Gasteiger partial charge is 0.307 e. The Kier molecular flexibility index (Phi) is 9.63. The first kappa shape index (κ1) is 32.6. The van der Waals surface area contributed by atoms with Gasteiger partial charge in [0.1, 0.15) is 35.6 Å². The van der Waals surface area contributed by atoms with E-state index in [9.17, 15) is 18.7 Å². The second-order valence-electron chi connectivity index (χ2n) is 11.7. The van der Waals surface area contributed by atoms with Gasteiger partial charge >= 0.3 is 5.97 Å². The Morgan fingerprint density at radius 3 is 2.58 bits per heavy atom. The fourth-order valence-corrected chi connectivity index (χ4v) is 5.94. The molecule has 248 valence electrons. The molecule has 5 aromatic rings. The molecule has 0 radical (unpaired) electrons. The third-order valence-corrected chi connectivity index (χ3v) is 8.42. The minimum absolute atomic E-state index is 0.0833. The minimum atomic E-state index is -1.04. The summed E-state index contributed by atoms with van der Waals surface area (Å²) in [6.07, 6.45) is 4.43. The second-order valence-corrected chi connectivity index (χ2v) is 11.7. The van der Waals surface area contributed by atoms with Crippen LogP contribution in [0.2, 0.25) is 0 Å². The van der Waals surface area contributed by atoms with Gasteiger partial charge in [-0.3, -0.25) is 9.69 Å². The Hall–Kier alpha value is -5.35. The maximum Gasteiger partial charge on any atom is 0.307 e. The van der Waals surface area contributed by atoms with Crippen molar-refractivity contribution in [3.8, 4) is 17.6 Å². The van der Waals surface area contributed by atoms with Gasteiger partial charge < -0.3 is 23.7 Å². The number of aryl methyl sites for hydroxylation is 1. The van der Waals surface area contributed by atoms with Crippen molar-refractivity contribution >= 4 is 17.0 Å². The van der Waals surface area contributed by atoms with E-state index < -0.39 is 23.4 Å². The molecule has 0 saturated carbocycles. The van der Waals surface area contributed by atoms with Crippen molar-refractivity contribution < 1.29 is 32.5 Å². The number of benzene rings is 3. The van der Waals surface area contributed by atoms with Gasteiger partial charge in [0, 0.05) is 31.4 Å². The number of halogens is 3. The first-order chi connectivity index (χ1) is 23.2. The highest BCUT2D eigenvalue weighted by Gasteiger charge is 2.25. The fourth-order valence-electron chi connectivity index (χ4n) is 5.94. The Balaban J connectivity index is 1.13. The van der Waals surface area contributed by atoms with Crippen LogP contribution in [0, 0.1) is 28.8 Å². The van der Waals surface area contributed by atoms with Crippen LogP contribution < -0.4 is 9.47 Å². The third-order valence-electron chi connectivity index (χ3n) is 8.42. The number of imidazole rings is 2. The number of carbonyl (C=O) groups is 1. The Labute approximate surface area is 274 Å². The highest BCUT2D eigenvalue weighted by atomic mass is 19.1. The Morgan fingerprint density at radius 1 is 1.04 bits per heavy atom. The number of rotatable bonds is 12. The molecule has 0 atom stereocenters. The molecule has 3 heterocycles. The Bertz CT molecular complexity index is 1990. The summed E-state index contributed by atoms with van der Waals surface area (Å²) in [4.78, 5) is 22.5. The van der Waals surface area contributed by atoms with Gasteiger partial charge in [0.15, 0.2) is 17.4 Å². The topological polar surface area (TPSA) is 118 Å². The van der Waals surface area contributed by atoms with Crippen molar-refractivity contribution in [2.24, 2.45) is 0 Å². The van der Waals surface area contributed by atoms with Crippen LogP contribution in [0.15, 0.2) is 61.1 Å². The van der Waals surface area contributed by atoms with Crippen LogP contribution in [0.3, 0.4) is 0 Å². The average molecular weight is 659 g/mol. The number of hydrogen-bond acceptors (Lipinski definition) is 7. The van der Waals surface area contributed by atoms with Crippen molar-refractivity contribution in [1.82, 2.24) is 24.0 Å². The summed E-state index contributed by atoms with van der Waals surface area (Å²) in [6, 6.07) is 13.0. The fraction of sp³-hybridized carbons (Fsp3) is 0.314. The number of aromatic nitrogens is 4. The lowest BCUT2D eigenvalue weighted by Crippen LogP contribution is -2.38. The molecule has 0 spiro atoms. The first-order valence-corrected chi connectivity index (χ1v) is 15.6. The molecule has 3 aromatic carbocycles. The van der Waals surface area contributed by atoms with Crippen LogP contribution in [0.25, 0.3) is 11.0 Å². The number of nitrogens with zero attached hydrogens (tertiary/aromatic N) is 6. The number of carboxylic acids is 1. The number of ether oxygens (including phenoxy) is 2. The molecule has 0 amide bonds. The summed E-state index contributed by atoms with van der Waals surface area (Å²) < 4.78 is 59.6. The second kappa shape index (κ2) is 14.2. The van der Waals surface area contributed by atoms with Gasteiger partial charge in [-0.15, -0.1) is 0 Å². The first-order valence-electron chi connectivity index (χ1n) is 15.6. The van der Waals surface area contributed by atoms with Crippen LogP contribution in [0.4, 0.5) is 13.2 Å². The van der Waals surface area contributed by atoms with Crippen LogP contribution in [0.5, 0.6) is 11.5 Å². The zero-order chi connectivity index (χ0) is 33.8. The molecule has 1 saturated heterocycles. The van der Waals surface area contributed by atoms with E-state index >= 15 is 4.39 Å². The van der Waals surface area contributed by atoms with Crippen molar-refractivity contribution in [3.63, 3.8) is 0 Å². The molecule has 0 unspecified atom stereocenters. The van der Waals surface area contributed by atoms with E-state index in [1.807, 2.05) is 22.1 Å². The van der Waals surface area contributed by atoms with Gasteiger partial charge in [0.2, 0.25) is 0 Å². The molecular formula is C35H33F3N6O4. The quantitative estimate of drug-likeness (QED) is 0.178. The molecule has 0 aliphatic carbocycles. The van der Waals surface area contributed by atoms with E-state index in [0.717, 1.165) is 11.8 Å². The van der Waals surface area contributed by atoms with E-state index in [2.05, 4.69) is 14.9 Å². The molecule has 1 aliphatic rings. The summed E-state index contributed by atoms with van der Waals surface area (Å²) in [5.41, 5.74) is 2.36. The highest BCUT2D eigenvalue weighted by molar-refractivity contribution is 5.80. The van der Waals surface area contributed by atoms with Crippen LogP contribution in [0.1, 0.15) is 48.0 Å². The number of fused-ring (bicyclic) bond motifs is 1. The summed E-state index contributed by atoms with van der Waals surface area (Å²) in [5, 5.41) is 18.2. The molecule has 1 fully saturated rings. The number of aliphatic carboxylic acids is 1. The summed E-state index contributed by atoms with van der Waals surface area (Å²) >= 11 is 0. The van der Waals surface area contributed by atoms with E-state index in [0.29, 0.717) is 68.2 Å². The van der Waals surface area contributed by atoms with Gasteiger partial charge in [0.25, 0.3) is 0 Å². The molecule has 1 aliphatic heterocycles. The Morgan fingerprint density at radius 2 is 1.85 bits per heavy atom. The molecular weight excluding hydrogens is 625 g/mol. The number of carboxylic acid groups (broad SMARTS) is 1. The third kappa shape index (κ3) is 7.29. The lowest BCUT2D eigenvalue weighted by Gasteiger charge is -2.32. The van der Waals surface area contributed by atoms with Crippen molar-refractivity contribution in [2.45, 2.75) is 58.5 Å². The van der Waals surface area contributed by atoms with Crippen molar-refractivity contribution in [2.75, 3.05) is 13.1 Å². The zero-order valence-electron chi connectivity index (χ0n) is 26.2. The number of hydrogen-bond donors (Lipinski definition) is 1. The standard InChI is InChI=1S/C35H33F3N6O4/c1-2-43-21-40-17-25(43)18-44-31-13-23(14-34(45)46)12-30(38)35(31)41-33(44)19-42-9-7-26(8-10-42)48-27-4-5-28(36)24(15-27)20-47-32-6-3-22(16-39)11-29(32)37/h3-6,11-13,15,17,21,26H,2,7-10,14,18-20H2,1H3,(H,45,46). The molecule has 6 rings (SSSR count). The van der Waals surface area contributed by atoms with Crippen LogP contribution in [-0.4, -0.2) is 54.3 Å². The largest absolute Gasteiger partial charge is 0.490 e.